The van der Waals surface area contributed by atoms with Crippen LogP contribution in [0.5, 0.6) is 0 Å². The second-order valence-corrected chi connectivity index (χ2v) is 4.96. The molecule has 0 saturated heterocycles. The summed E-state index contributed by atoms with van der Waals surface area (Å²) in [5.41, 5.74) is 0. The smallest absolute Gasteiger partial charge is 0.0589 e. The van der Waals surface area contributed by atoms with Crippen LogP contribution in [0.25, 0.3) is 0 Å². The minimum Gasteiger partial charge on any atom is -0.383 e. The van der Waals surface area contributed by atoms with Crippen LogP contribution in [-0.4, -0.2) is 38.3 Å². The molecule has 0 aromatic rings. The van der Waals surface area contributed by atoms with Crippen molar-refractivity contribution >= 4 is 0 Å². The average Bonchev–Trinajstić information content (AvgIpc) is 2.35. The molecule has 0 aliphatic rings. The number of rotatable bonds is 13. The number of nitrogens with zero attached hydrogens (tertiary/aromatic N) is 1. The van der Waals surface area contributed by atoms with Crippen molar-refractivity contribution in [2.45, 2.75) is 65.2 Å². The summed E-state index contributed by atoms with van der Waals surface area (Å²) in [6.07, 6.45) is 10.9. The van der Waals surface area contributed by atoms with E-state index in [1.165, 1.54) is 64.5 Å². The van der Waals surface area contributed by atoms with E-state index in [1.54, 1.807) is 7.11 Å². The zero-order valence-corrected chi connectivity index (χ0v) is 12.3. The van der Waals surface area contributed by atoms with Crippen molar-refractivity contribution in [1.82, 2.24) is 4.90 Å². The average molecular weight is 243 g/mol. The molecule has 0 aromatic carbocycles. The lowest BCUT2D eigenvalue weighted by Crippen LogP contribution is -2.29. The van der Waals surface area contributed by atoms with Gasteiger partial charge in [-0.2, -0.15) is 0 Å². The predicted octanol–water partition coefficient (Wildman–Crippen LogP) is 4.10. The van der Waals surface area contributed by atoms with E-state index in [2.05, 4.69) is 18.7 Å². The Morgan fingerprint density at radius 2 is 1.24 bits per heavy atom. The fourth-order valence-electron chi connectivity index (χ4n) is 2.08. The van der Waals surface area contributed by atoms with Gasteiger partial charge in [-0.15, -0.1) is 0 Å². The van der Waals surface area contributed by atoms with Crippen molar-refractivity contribution in [2.24, 2.45) is 0 Å². The van der Waals surface area contributed by atoms with Crippen LogP contribution in [0.15, 0.2) is 0 Å². The van der Waals surface area contributed by atoms with E-state index in [0.717, 1.165) is 13.2 Å². The Labute approximate surface area is 109 Å². The first-order chi connectivity index (χ1) is 8.35. The Bertz CT molecular complexity index is 127. The van der Waals surface area contributed by atoms with Crippen LogP contribution in [0.3, 0.4) is 0 Å². The van der Waals surface area contributed by atoms with Crippen molar-refractivity contribution < 1.29 is 4.74 Å². The summed E-state index contributed by atoms with van der Waals surface area (Å²) in [5.74, 6) is 0. The number of methoxy groups -OCH3 is 1. The molecule has 0 N–H and O–H groups in total. The Kier molecular flexibility index (Phi) is 13.9. The van der Waals surface area contributed by atoms with Crippen LogP contribution in [0, 0.1) is 0 Å². The van der Waals surface area contributed by atoms with Crippen LogP contribution in [0.2, 0.25) is 0 Å². The molecule has 0 aliphatic carbocycles. The molecule has 0 heterocycles. The Balaban J connectivity index is 3.56. The summed E-state index contributed by atoms with van der Waals surface area (Å²) in [6.45, 7) is 9.04. The fourth-order valence-corrected chi connectivity index (χ4v) is 2.08. The highest BCUT2D eigenvalue weighted by atomic mass is 16.5. The summed E-state index contributed by atoms with van der Waals surface area (Å²) < 4.78 is 5.19. The monoisotopic (exact) mass is 243 g/mol. The van der Waals surface area contributed by atoms with Crippen LogP contribution in [0.4, 0.5) is 0 Å². The number of unbranched alkanes of at least 4 members (excludes halogenated alkanes) is 6. The molecule has 2 nitrogen and oxygen atoms in total. The highest BCUT2D eigenvalue weighted by molar-refractivity contribution is 4.58. The van der Waals surface area contributed by atoms with Gasteiger partial charge in [0.1, 0.15) is 0 Å². The summed E-state index contributed by atoms with van der Waals surface area (Å²) in [6, 6.07) is 0. The zero-order valence-electron chi connectivity index (χ0n) is 12.3. The molecule has 0 atom stereocenters. The molecular formula is C15H33NO. The first-order valence-corrected chi connectivity index (χ1v) is 7.56. The third-order valence-corrected chi connectivity index (χ3v) is 3.27. The van der Waals surface area contributed by atoms with Gasteiger partial charge in [0.25, 0.3) is 0 Å². The number of ether oxygens (including phenoxy) is 1. The van der Waals surface area contributed by atoms with Crippen molar-refractivity contribution in [1.29, 1.82) is 0 Å². The molecular weight excluding hydrogens is 210 g/mol. The topological polar surface area (TPSA) is 12.5 Å². The lowest BCUT2D eigenvalue weighted by atomic mass is 10.1. The fraction of sp³-hybridized carbons (Fsp3) is 1.00. The summed E-state index contributed by atoms with van der Waals surface area (Å²) in [4.78, 5) is 2.58. The molecule has 0 unspecified atom stereocenters. The number of hydrogen-bond acceptors (Lipinski definition) is 2. The van der Waals surface area contributed by atoms with Crippen LogP contribution in [0.1, 0.15) is 65.2 Å². The molecule has 0 fully saturated rings. The second kappa shape index (κ2) is 14.0. The standard InChI is InChI=1S/C15H33NO/c1-4-6-8-10-12-16(14-15-17-3)13-11-9-7-5-2/h4-15H2,1-3H3. The Morgan fingerprint density at radius 1 is 0.706 bits per heavy atom. The van der Waals surface area contributed by atoms with E-state index in [-0.39, 0.29) is 0 Å². The molecule has 0 spiro atoms. The Morgan fingerprint density at radius 3 is 1.65 bits per heavy atom. The van der Waals surface area contributed by atoms with E-state index < -0.39 is 0 Å². The lowest BCUT2D eigenvalue weighted by Gasteiger charge is -2.21. The highest BCUT2D eigenvalue weighted by Crippen LogP contribution is 2.05. The van der Waals surface area contributed by atoms with Crippen LogP contribution in [-0.2, 0) is 4.74 Å². The molecule has 0 saturated carbocycles. The maximum absolute atomic E-state index is 5.19. The maximum atomic E-state index is 5.19. The molecule has 0 bridgehead atoms. The van der Waals surface area contributed by atoms with Crippen LogP contribution >= 0.6 is 0 Å². The van der Waals surface area contributed by atoms with E-state index in [4.69, 9.17) is 4.74 Å². The molecule has 0 amide bonds. The van der Waals surface area contributed by atoms with E-state index in [9.17, 15) is 0 Å². The van der Waals surface area contributed by atoms with E-state index >= 15 is 0 Å². The SMILES string of the molecule is CCCCCCN(CCCCCC)CCOC. The minimum atomic E-state index is 0.877. The van der Waals surface area contributed by atoms with Gasteiger partial charge in [0.2, 0.25) is 0 Å². The van der Waals surface area contributed by atoms with Gasteiger partial charge in [-0.3, -0.25) is 0 Å². The molecule has 104 valence electrons. The van der Waals surface area contributed by atoms with E-state index in [0.29, 0.717) is 0 Å². The molecule has 2 heteroatoms. The van der Waals surface area contributed by atoms with Gasteiger partial charge in [-0.25, -0.2) is 0 Å². The molecule has 0 aromatic heterocycles. The van der Waals surface area contributed by atoms with Crippen molar-refractivity contribution in [3.05, 3.63) is 0 Å². The van der Waals surface area contributed by atoms with Crippen molar-refractivity contribution in [2.75, 3.05) is 33.4 Å². The number of hydrogen-bond donors (Lipinski definition) is 0. The predicted molar refractivity (Wildman–Crippen MR) is 76.6 cm³/mol. The van der Waals surface area contributed by atoms with Gasteiger partial charge in [0.15, 0.2) is 0 Å². The summed E-state index contributed by atoms with van der Waals surface area (Å²) >= 11 is 0. The van der Waals surface area contributed by atoms with Gasteiger partial charge in [0.05, 0.1) is 6.61 Å². The van der Waals surface area contributed by atoms with Gasteiger partial charge in [-0.05, 0) is 25.9 Å². The quantitative estimate of drug-likeness (QED) is 0.452. The van der Waals surface area contributed by atoms with Gasteiger partial charge in [-0.1, -0.05) is 52.4 Å². The largest absolute Gasteiger partial charge is 0.383 e. The summed E-state index contributed by atoms with van der Waals surface area (Å²) in [7, 11) is 1.80. The summed E-state index contributed by atoms with van der Waals surface area (Å²) in [5, 5.41) is 0. The van der Waals surface area contributed by atoms with E-state index in [1.807, 2.05) is 0 Å². The molecule has 0 aliphatic heterocycles. The Hall–Kier alpha value is -0.0800. The van der Waals surface area contributed by atoms with Crippen molar-refractivity contribution in [3.63, 3.8) is 0 Å². The van der Waals surface area contributed by atoms with Gasteiger partial charge >= 0.3 is 0 Å². The molecule has 17 heavy (non-hydrogen) atoms. The minimum absolute atomic E-state index is 0.877. The third-order valence-electron chi connectivity index (χ3n) is 3.27. The first-order valence-electron chi connectivity index (χ1n) is 7.56. The van der Waals surface area contributed by atoms with Crippen molar-refractivity contribution in [3.8, 4) is 0 Å². The lowest BCUT2D eigenvalue weighted by molar-refractivity contribution is 0.145. The molecule has 0 rings (SSSR count). The normalized spacial score (nSPS) is 11.3. The highest BCUT2D eigenvalue weighted by Gasteiger charge is 2.03. The molecule has 0 radical (unpaired) electrons. The first kappa shape index (κ1) is 16.9. The third kappa shape index (κ3) is 12.2. The maximum Gasteiger partial charge on any atom is 0.0589 e. The van der Waals surface area contributed by atoms with Crippen LogP contribution < -0.4 is 0 Å². The van der Waals surface area contributed by atoms with Gasteiger partial charge < -0.3 is 9.64 Å². The second-order valence-electron chi connectivity index (χ2n) is 4.96. The zero-order chi connectivity index (χ0) is 12.8. The van der Waals surface area contributed by atoms with Gasteiger partial charge in [0, 0.05) is 13.7 Å².